The maximum Gasteiger partial charge on any atom is 0.244 e. The van der Waals surface area contributed by atoms with E-state index >= 15 is 0 Å². The molecule has 1 aliphatic rings. The predicted octanol–water partition coefficient (Wildman–Crippen LogP) is 2.19. The van der Waals surface area contributed by atoms with Crippen LogP contribution in [0.5, 0.6) is 0 Å². The smallest absolute Gasteiger partial charge is 0.244 e. The zero-order valence-corrected chi connectivity index (χ0v) is 14.2. The molecule has 1 amide bonds. The summed E-state index contributed by atoms with van der Waals surface area (Å²) in [6, 6.07) is 4.30. The largest absolute Gasteiger partial charge is 0.352 e. The summed E-state index contributed by atoms with van der Waals surface area (Å²) < 4.78 is 40.8. The number of nitrogens with one attached hydrogen (secondary N) is 2. The van der Waals surface area contributed by atoms with Crippen molar-refractivity contribution >= 4 is 15.9 Å². The Morgan fingerprint density at radius 2 is 1.83 bits per heavy atom. The Morgan fingerprint density at radius 3 is 2.39 bits per heavy atom. The molecule has 1 aromatic rings. The van der Waals surface area contributed by atoms with E-state index in [4.69, 9.17) is 0 Å². The lowest BCUT2D eigenvalue weighted by Crippen LogP contribution is -2.51. The second kappa shape index (κ2) is 7.40. The summed E-state index contributed by atoms with van der Waals surface area (Å²) in [6.45, 7) is 3.51. The highest BCUT2D eigenvalue weighted by atomic mass is 32.2. The molecule has 1 aromatic carbocycles. The molecule has 2 rings (SSSR count). The second-order valence-electron chi connectivity index (χ2n) is 6.26. The third-order valence-electron chi connectivity index (χ3n) is 4.06. The Morgan fingerprint density at radius 1 is 1.22 bits per heavy atom. The maximum atomic E-state index is 13.7. The van der Waals surface area contributed by atoms with Crippen molar-refractivity contribution < 1.29 is 17.6 Å². The normalized spacial score (nSPS) is 17.4. The minimum Gasteiger partial charge on any atom is -0.352 e. The lowest BCUT2D eigenvalue weighted by Gasteiger charge is -2.23. The number of sulfonamides is 1. The Labute approximate surface area is 136 Å². The second-order valence-corrected chi connectivity index (χ2v) is 7.95. The van der Waals surface area contributed by atoms with Crippen LogP contribution in [0.1, 0.15) is 39.5 Å². The van der Waals surface area contributed by atoms with Gasteiger partial charge in [0, 0.05) is 6.04 Å². The lowest BCUT2D eigenvalue weighted by molar-refractivity contribution is -0.124. The van der Waals surface area contributed by atoms with Crippen molar-refractivity contribution in [2.24, 2.45) is 5.92 Å². The number of carbonyl (C=O) groups excluding carboxylic acids is 1. The molecule has 0 heterocycles. The van der Waals surface area contributed by atoms with E-state index in [2.05, 4.69) is 10.0 Å². The van der Waals surface area contributed by atoms with Crippen LogP contribution in [-0.4, -0.2) is 26.4 Å². The molecule has 0 radical (unpaired) electrons. The van der Waals surface area contributed by atoms with Gasteiger partial charge in [0.1, 0.15) is 16.8 Å². The van der Waals surface area contributed by atoms with E-state index in [9.17, 15) is 17.6 Å². The van der Waals surface area contributed by atoms with Crippen molar-refractivity contribution in [3.8, 4) is 0 Å². The van der Waals surface area contributed by atoms with Crippen LogP contribution in [0.3, 0.4) is 0 Å². The molecule has 128 valence electrons. The highest BCUT2D eigenvalue weighted by Crippen LogP contribution is 2.19. The number of rotatable bonds is 6. The third kappa shape index (κ3) is 4.51. The molecule has 0 aliphatic heterocycles. The Bertz CT molecular complexity index is 655. The molecule has 1 unspecified atom stereocenters. The highest BCUT2D eigenvalue weighted by Gasteiger charge is 2.31. The minimum atomic E-state index is -4.10. The van der Waals surface area contributed by atoms with Gasteiger partial charge in [-0.05, 0) is 30.9 Å². The van der Waals surface area contributed by atoms with Gasteiger partial charge in [-0.15, -0.1) is 0 Å². The molecule has 1 saturated carbocycles. The molecule has 1 fully saturated rings. The van der Waals surface area contributed by atoms with Gasteiger partial charge < -0.3 is 5.32 Å². The van der Waals surface area contributed by atoms with Gasteiger partial charge in [-0.2, -0.15) is 4.72 Å². The summed E-state index contributed by atoms with van der Waals surface area (Å²) in [5.41, 5.74) is 0. The fourth-order valence-electron chi connectivity index (χ4n) is 2.75. The summed E-state index contributed by atoms with van der Waals surface area (Å²) in [5, 5.41) is 2.89. The first kappa shape index (κ1) is 17.9. The summed E-state index contributed by atoms with van der Waals surface area (Å²) in [5.74, 6) is -1.44. The Hall–Kier alpha value is -1.47. The fourth-order valence-corrected chi connectivity index (χ4v) is 4.17. The number of hydrogen-bond acceptors (Lipinski definition) is 3. The fraction of sp³-hybridized carbons (Fsp3) is 0.562. The topological polar surface area (TPSA) is 75.3 Å². The number of halogens is 1. The highest BCUT2D eigenvalue weighted by molar-refractivity contribution is 7.89. The number of hydrogen-bond donors (Lipinski definition) is 2. The molecular formula is C16H23FN2O3S. The van der Waals surface area contributed by atoms with Crippen LogP contribution in [0, 0.1) is 11.7 Å². The van der Waals surface area contributed by atoms with Crippen LogP contribution < -0.4 is 10.0 Å². The van der Waals surface area contributed by atoms with Crippen molar-refractivity contribution in [1.29, 1.82) is 0 Å². The zero-order valence-electron chi connectivity index (χ0n) is 13.4. The lowest BCUT2D eigenvalue weighted by atomic mass is 10.0. The Kier molecular flexibility index (Phi) is 5.75. The molecule has 1 aliphatic carbocycles. The van der Waals surface area contributed by atoms with Gasteiger partial charge in [0.15, 0.2) is 0 Å². The zero-order chi connectivity index (χ0) is 17.0. The molecular weight excluding hydrogens is 319 g/mol. The van der Waals surface area contributed by atoms with Crippen molar-refractivity contribution in [3.05, 3.63) is 30.1 Å². The number of amides is 1. The summed E-state index contributed by atoms with van der Waals surface area (Å²) >= 11 is 0. The van der Waals surface area contributed by atoms with Crippen LogP contribution in [-0.2, 0) is 14.8 Å². The monoisotopic (exact) mass is 342 g/mol. The minimum absolute atomic E-state index is 0.0988. The maximum absolute atomic E-state index is 13.7. The number of benzene rings is 1. The molecule has 0 bridgehead atoms. The molecule has 0 spiro atoms. The van der Waals surface area contributed by atoms with E-state index in [-0.39, 0.29) is 17.9 Å². The van der Waals surface area contributed by atoms with Gasteiger partial charge in [-0.3, -0.25) is 4.79 Å². The van der Waals surface area contributed by atoms with Crippen LogP contribution in [0.2, 0.25) is 0 Å². The van der Waals surface area contributed by atoms with Crippen molar-refractivity contribution in [1.82, 2.24) is 10.0 Å². The molecule has 0 saturated heterocycles. The van der Waals surface area contributed by atoms with E-state index in [0.717, 1.165) is 31.7 Å². The average Bonchev–Trinajstić information content (AvgIpc) is 2.97. The number of carbonyl (C=O) groups is 1. The van der Waals surface area contributed by atoms with E-state index in [1.165, 1.54) is 18.2 Å². The summed E-state index contributed by atoms with van der Waals surface area (Å²) in [7, 11) is -4.10. The predicted molar refractivity (Wildman–Crippen MR) is 85.7 cm³/mol. The van der Waals surface area contributed by atoms with E-state index in [1.54, 1.807) is 13.8 Å². The van der Waals surface area contributed by atoms with Gasteiger partial charge in [0.2, 0.25) is 15.9 Å². The molecule has 7 heteroatoms. The molecule has 2 N–H and O–H groups in total. The average molecular weight is 342 g/mol. The van der Waals surface area contributed by atoms with E-state index < -0.39 is 26.8 Å². The van der Waals surface area contributed by atoms with Crippen LogP contribution in [0.4, 0.5) is 4.39 Å². The first-order chi connectivity index (χ1) is 10.8. The molecule has 0 aromatic heterocycles. The first-order valence-corrected chi connectivity index (χ1v) is 9.37. The van der Waals surface area contributed by atoms with Crippen LogP contribution in [0.15, 0.2) is 29.2 Å². The van der Waals surface area contributed by atoms with Crippen molar-refractivity contribution in [2.45, 2.75) is 56.5 Å². The molecule has 5 nitrogen and oxygen atoms in total. The Balaban J connectivity index is 2.15. The van der Waals surface area contributed by atoms with Crippen LogP contribution in [0.25, 0.3) is 0 Å². The SMILES string of the molecule is CC(C)C(NS(=O)(=O)c1ccccc1F)C(=O)NC1CCCC1. The quantitative estimate of drug-likeness (QED) is 0.832. The van der Waals surface area contributed by atoms with Gasteiger partial charge in [0.25, 0.3) is 0 Å². The molecule has 1 atom stereocenters. The first-order valence-electron chi connectivity index (χ1n) is 7.88. The third-order valence-corrected chi connectivity index (χ3v) is 5.53. The summed E-state index contributed by atoms with van der Waals surface area (Å²) in [4.78, 5) is 12.0. The van der Waals surface area contributed by atoms with E-state index in [1.807, 2.05) is 0 Å². The van der Waals surface area contributed by atoms with Gasteiger partial charge >= 0.3 is 0 Å². The van der Waals surface area contributed by atoms with Gasteiger partial charge in [-0.25, -0.2) is 12.8 Å². The van der Waals surface area contributed by atoms with Crippen LogP contribution >= 0.6 is 0 Å². The van der Waals surface area contributed by atoms with Crippen molar-refractivity contribution in [3.63, 3.8) is 0 Å². The molecule has 23 heavy (non-hydrogen) atoms. The van der Waals surface area contributed by atoms with Gasteiger partial charge in [-0.1, -0.05) is 38.8 Å². The van der Waals surface area contributed by atoms with E-state index in [0.29, 0.717) is 0 Å². The summed E-state index contributed by atoms with van der Waals surface area (Å²) in [6.07, 6.45) is 3.96. The van der Waals surface area contributed by atoms with Gasteiger partial charge in [0.05, 0.1) is 0 Å². The van der Waals surface area contributed by atoms with Crippen molar-refractivity contribution in [2.75, 3.05) is 0 Å². The standard InChI is InChI=1S/C16H23FN2O3S/c1-11(2)15(16(20)18-12-7-3-4-8-12)19-23(21,22)14-10-6-5-9-13(14)17/h5-6,9-12,15,19H,3-4,7-8H2,1-2H3,(H,18,20).